The number of anilines is 1. The number of carbonyl (C=O) groups is 2. The molecule has 0 radical (unpaired) electrons. The zero-order chi connectivity index (χ0) is 29.0. The van der Waals surface area contributed by atoms with Gasteiger partial charge in [0.05, 0.1) is 10.6 Å². The van der Waals surface area contributed by atoms with Crippen molar-refractivity contribution in [3.8, 4) is 0 Å². The molecule has 208 valence electrons. The van der Waals surface area contributed by atoms with E-state index in [0.717, 1.165) is 4.31 Å². The predicted molar refractivity (Wildman–Crippen MR) is 157 cm³/mol. The fourth-order valence-electron chi connectivity index (χ4n) is 3.78. The SMILES string of the molecule is C[C@H](C(=O)NC(C)(C)C)N(Cc1cccc(Cl)c1)C(=O)CN(c1cccc(Cl)c1)S(=O)(=O)c1ccc(Cl)cc1. The van der Waals surface area contributed by atoms with E-state index in [1.807, 2.05) is 20.8 Å². The predicted octanol–water partition coefficient (Wildman–Crippen LogP) is 6.17. The number of halogens is 3. The summed E-state index contributed by atoms with van der Waals surface area (Å²) in [6.45, 7) is 6.55. The van der Waals surface area contributed by atoms with E-state index in [0.29, 0.717) is 20.6 Å². The van der Waals surface area contributed by atoms with Gasteiger partial charge >= 0.3 is 0 Å². The number of carbonyl (C=O) groups excluding carboxylic acids is 2. The van der Waals surface area contributed by atoms with E-state index in [9.17, 15) is 18.0 Å². The summed E-state index contributed by atoms with van der Waals surface area (Å²) in [5.41, 5.74) is 0.336. The Morgan fingerprint density at radius 3 is 2.03 bits per heavy atom. The van der Waals surface area contributed by atoms with Gasteiger partial charge in [-0.05, 0) is 87.9 Å². The lowest BCUT2D eigenvalue weighted by Gasteiger charge is -2.33. The summed E-state index contributed by atoms with van der Waals surface area (Å²) in [6.07, 6.45) is 0. The van der Waals surface area contributed by atoms with Gasteiger partial charge in [-0.1, -0.05) is 53.0 Å². The second-order valence-electron chi connectivity index (χ2n) is 10.0. The Morgan fingerprint density at radius 1 is 0.872 bits per heavy atom. The van der Waals surface area contributed by atoms with Crippen LogP contribution in [0.2, 0.25) is 15.1 Å². The molecule has 0 aliphatic rings. The quantitative estimate of drug-likeness (QED) is 0.314. The Balaban J connectivity index is 2.04. The van der Waals surface area contributed by atoms with E-state index >= 15 is 0 Å². The van der Waals surface area contributed by atoms with Crippen molar-refractivity contribution in [2.75, 3.05) is 10.8 Å². The van der Waals surface area contributed by atoms with E-state index in [2.05, 4.69) is 5.32 Å². The van der Waals surface area contributed by atoms with Crippen LogP contribution >= 0.6 is 34.8 Å². The van der Waals surface area contributed by atoms with Crippen molar-refractivity contribution in [3.05, 3.63) is 93.4 Å². The van der Waals surface area contributed by atoms with Gasteiger partial charge in [0.25, 0.3) is 10.0 Å². The average Bonchev–Trinajstić information content (AvgIpc) is 2.84. The zero-order valence-electron chi connectivity index (χ0n) is 22.0. The lowest BCUT2D eigenvalue weighted by molar-refractivity contribution is -0.140. The van der Waals surface area contributed by atoms with Gasteiger partial charge in [-0.15, -0.1) is 0 Å². The summed E-state index contributed by atoms with van der Waals surface area (Å²) in [4.78, 5) is 28.3. The minimum absolute atomic E-state index is 0.0303. The van der Waals surface area contributed by atoms with Crippen molar-refractivity contribution in [2.24, 2.45) is 0 Å². The first-order valence-corrected chi connectivity index (χ1v) is 14.6. The van der Waals surface area contributed by atoms with Crippen molar-refractivity contribution in [2.45, 2.75) is 50.7 Å². The van der Waals surface area contributed by atoms with E-state index in [1.54, 1.807) is 49.4 Å². The number of nitrogens with one attached hydrogen (secondary N) is 1. The summed E-state index contributed by atoms with van der Waals surface area (Å²) in [7, 11) is -4.22. The Labute approximate surface area is 244 Å². The fourth-order valence-corrected chi connectivity index (χ4v) is 5.71. The van der Waals surface area contributed by atoms with Crippen molar-refractivity contribution >= 4 is 62.3 Å². The first-order chi connectivity index (χ1) is 18.2. The molecule has 7 nitrogen and oxygen atoms in total. The molecule has 3 aromatic rings. The number of benzene rings is 3. The summed E-state index contributed by atoms with van der Waals surface area (Å²) in [5.74, 6) is -0.975. The fraction of sp³-hybridized carbons (Fsp3) is 0.286. The van der Waals surface area contributed by atoms with Crippen molar-refractivity contribution in [3.63, 3.8) is 0 Å². The second-order valence-corrected chi connectivity index (χ2v) is 13.2. The summed E-state index contributed by atoms with van der Waals surface area (Å²) in [6, 6.07) is 17.8. The maximum atomic E-state index is 13.9. The van der Waals surface area contributed by atoms with Crippen molar-refractivity contribution in [1.29, 1.82) is 0 Å². The normalized spacial score (nSPS) is 12.5. The van der Waals surface area contributed by atoms with Gasteiger partial charge < -0.3 is 10.2 Å². The molecule has 0 heterocycles. The number of hydrogen-bond acceptors (Lipinski definition) is 4. The van der Waals surface area contributed by atoms with Gasteiger partial charge in [0.2, 0.25) is 11.8 Å². The molecule has 0 unspecified atom stereocenters. The Morgan fingerprint density at radius 2 is 1.46 bits per heavy atom. The summed E-state index contributed by atoms with van der Waals surface area (Å²) in [5, 5.41) is 4.02. The van der Waals surface area contributed by atoms with Crippen LogP contribution < -0.4 is 9.62 Å². The van der Waals surface area contributed by atoms with Gasteiger partial charge in [0, 0.05) is 27.2 Å². The summed E-state index contributed by atoms with van der Waals surface area (Å²) >= 11 is 18.3. The molecule has 11 heteroatoms. The summed E-state index contributed by atoms with van der Waals surface area (Å²) < 4.78 is 28.5. The molecule has 1 N–H and O–H groups in total. The molecule has 0 aliphatic heterocycles. The highest BCUT2D eigenvalue weighted by molar-refractivity contribution is 7.92. The lowest BCUT2D eigenvalue weighted by atomic mass is 10.1. The number of rotatable bonds is 9. The number of hydrogen-bond donors (Lipinski definition) is 1. The van der Waals surface area contributed by atoms with Crippen molar-refractivity contribution in [1.82, 2.24) is 10.2 Å². The average molecular weight is 611 g/mol. The van der Waals surface area contributed by atoms with Gasteiger partial charge in [-0.3, -0.25) is 13.9 Å². The highest BCUT2D eigenvalue weighted by atomic mass is 35.5. The molecule has 3 rings (SSSR count). The van der Waals surface area contributed by atoms with Crippen LogP contribution in [0.5, 0.6) is 0 Å². The highest BCUT2D eigenvalue weighted by Gasteiger charge is 2.33. The largest absolute Gasteiger partial charge is 0.350 e. The molecule has 0 aromatic heterocycles. The van der Waals surface area contributed by atoms with E-state index in [1.165, 1.54) is 35.2 Å². The molecule has 2 amide bonds. The molecule has 3 aromatic carbocycles. The second kappa shape index (κ2) is 12.6. The molecule has 0 fully saturated rings. The van der Waals surface area contributed by atoms with Crippen LogP contribution in [0, 0.1) is 0 Å². The maximum absolute atomic E-state index is 13.9. The Bertz CT molecular complexity index is 1440. The van der Waals surface area contributed by atoms with E-state index < -0.39 is 34.1 Å². The van der Waals surface area contributed by atoms with Gasteiger partial charge in [-0.25, -0.2) is 8.42 Å². The standard InChI is InChI=1S/C28H30Cl3N3O4S/c1-19(27(36)32-28(2,3)4)33(17-20-7-5-8-22(30)15-20)26(35)18-34(24-10-6-9-23(31)16-24)39(37,38)25-13-11-21(29)12-14-25/h5-16,19H,17-18H2,1-4H3,(H,32,36)/t19-/m1/s1. The molecular formula is C28H30Cl3N3O4S. The van der Waals surface area contributed by atoms with Crippen LogP contribution in [0.4, 0.5) is 5.69 Å². The van der Waals surface area contributed by atoms with Crippen LogP contribution in [0.15, 0.2) is 77.7 Å². The molecule has 0 saturated heterocycles. The van der Waals surface area contributed by atoms with Gasteiger partial charge in [0.15, 0.2) is 0 Å². The molecule has 39 heavy (non-hydrogen) atoms. The maximum Gasteiger partial charge on any atom is 0.264 e. The van der Waals surface area contributed by atoms with Crippen molar-refractivity contribution < 1.29 is 18.0 Å². The van der Waals surface area contributed by atoms with Crippen LogP contribution in [0.1, 0.15) is 33.3 Å². The molecular weight excluding hydrogens is 581 g/mol. The minimum Gasteiger partial charge on any atom is -0.350 e. The first-order valence-electron chi connectivity index (χ1n) is 12.1. The third-order valence-corrected chi connectivity index (χ3v) is 8.19. The smallest absolute Gasteiger partial charge is 0.264 e. The van der Waals surface area contributed by atoms with Gasteiger partial charge in [-0.2, -0.15) is 0 Å². The molecule has 0 spiro atoms. The minimum atomic E-state index is -4.22. The molecule has 1 atom stereocenters. The topological polar surface area (TPSA) is 86.8 Å². The monoisotopic (exact) mass is 609 g/mol. The molecule has 0 aliphatic carbocycles. The third-order valence-electron chi connectivity index (χ3n) is 5.68. The number of sulfonamides is 1. The number of amides is 2. The van der Waals surface area contributed by atoms with E-state index in [4.69, 9.17) is 34.8 Å². The number of nitrogens with zero attached hydrogens (tertiary/aromatic N) is 2. The Hall–Kier alpha value is -2.78. The zero-order valence-corrected chi connectivity index (χ0v) is 25.1. The van der Waals surface area contributed by atoms with Crippen LogP contribution in [0.25, 0.3) is 0 Å². The third kappa shape index (κ3) is 8.35. The Kier molecular flexibility index (Phi) is 9.93. The highest BCUT2D eigenvalue weighted by Crippen LogP contribution is 2.27. The lowest BCUT2D eigenvalue weighted by Crippen LogP contribution is -2.54. The van der Waals surface area contributed by atoms with Crippen LogP contribution in [-0.4, -0.2) is 43.3 Å². The van der Waals surface area contributed by atoms with Crippen LogP contribution in [0.3, 0.4) is 0 Å². The molecule has 0 saturated carbocycles. The van der Waals surface area contributed by atoms with Crippen LogP contribution in [-0.2, 0) is 26.2 Å². The van der Waals surface area contributed by atoms with E-state index in [-0.39, 0.29) is 23.0 Å². The molecule has 0 bridgehead atoms. The first kappa shape index (κ1) is 30.8. The van der Waals surface area contributed by atoms with Gasteiger partial charge in [0.1, 0.15) is 12.6 Å².